The zero-order valence-electron chi connectivity index (χ0n) is 11.1. The highest BCUT2D eigenvalue weighted by atomic mass is 79.9. The van der Waals surface area contributed by atoms with Crippen LogP contribution in [0.4, 0.5) is 10.1 Å². The molecule has 3 rings (SSSR count). The SMILES string of the molecule is Cc1cc(N)ccc1-c1nc(-c2cc(F)ccc2Br)no1. The maximum absolute atomic E-state index is 13.4. The van der Waals surface area contributed by atoms with E-state index in [1.807, 2.05) is 19.1 Å². The molecule has 106 valence electrons. The monoisotopic (exact) mass is 347 g/mol. The van der Waals surface area contributed by atoms with Crippen molar-refractivity contribution < 1.29 is 8.91 Å². The maximum atomic E-state index is 13.4. The van der Waals surface area contributed by atoms with Crippen molar-refractivity contribution in [3.05, 3.63) is 52.3 Å². The molecule has 4 nitrogen and oxygen atoms in total. The topological polar surface area (TPSA) is 64.9 Å². The van der Waals surface area contributed by atoms with Gasteiger partial charge in [-0.15, -0.1) is 0 Å². The van der Waals surface area contributed by atoms with E-state index < -0.39 is 0 Å². The van der Waals surface area contributed by atoms with Crippen molar-refractivity contribution in [1.82, 2.24) is 10.1 Å². The van der Waals surface area contributed by atoms with Crippen LogP contribution in [0.15, 0.2) is 45.4 Å². The van der Waals surface area contributed by atoms with E-state index in [9.17, 15) is 4.39 Å². The molecule has 2 aromatic carbocycles. The molecular weight excluding hydrogens is 337 g/mol. The fourth-order valence-corrected chi connectivity index (χ4v) is 2.46. The Labute approximate surface area is 128 Å². The van der Waals surface area contributed by atoms with Gasteiger partial charge >= 0.3 is 0 Å². The Bertz CT molecular complexity index is 816. The number of nitrogen functional groups attached to an aromatic ring is 1. The van der Waals surface area contributed by atoms with Crippen molar-refractivity contribution in [1.29, 1.82) is 0 Å². The van der Waals surface area contributed by atoms with Gasteiger partial charge in [-0.2, -0.15) is 4.98 Å². The molecule has 3 aromatic rings. The first-order valence-electron chi connectivity index (χ1n) is 6.20. The van der Waals surface area contributed by atoms with Gasteiger partial charge in [0.1, 0.15) is 5.82 Å². The van der Waals surface area contributed by atoms with E-state index in [4.69, 9.17) is 10.3 Å². The van der Waals surface area contributed by atoms with Crippen LogP contribution in [0, 0.1) is 12.7 Å². The van der Waals surface area contributed by atoms with Gasteiger partial charge in [0.15, 0.2) is 0 Å². The Kier molecular flexibility index (Phi) is 3.47. The molecule has 6 heteroatoms. The van der Waals surface area contributed by atoms with Crippen LogP contribution >= 0.6 is 15.9 Å². The van der Waals surface area contributed by atoms with Crippen LogP contribution in [-0.2, 0) is 0 Å². The third-order valence-electron chi connectivity index (χ3n) is 3.08. The number of aromatic nitrogens is 2. The summed E-state index contributed by atoms with van der Waals surface area (Å²) in [4.78, 5) is 4.33. The molecule has 0 aliphatic carbocycles. The van der Waals surface area contributed by atoms with Crippen LogP contribution in [0.1, 0.15) is 5.56 Å². The molecule has 0 aliphatic rings. The van der Waals surface area contributed by atoms with Gasteiger partial charge in [0.2, 0.25) is 5.82 Å². The second-order valence-corrected chi connectivity index (χ2v) is 5.48. The Morgan fingerprint density at radius 3 is 2.71 bits per heavy atom. The van der Waals surface area contributed by atoms with Crippen LogP contribution in [0.5, 0.6) is 0 Å². The van der Waals surface area contributed by atoms with Crippen molar-refractivity contribution in [3.63, 3.8) is 0 Å². The number of hydrogen-bond donors (Lipinski definition) is 1. The van der Waals surface area contributed by atoms with Gasteiger partial charge in [0.25, 0.3) is 5.89 Å². The standard InChI is InChI=1S/C15H11BrFN3O/c1-8-6-10(18)3-4-11(8)15-19-14(20-21-15)12-7-9(17)2-5-13(12)16/h2-7H,18H2,1H3. The highest BCUT2D eigenvalue weighted by Crippen LogP contribution is 2.30. The van der Waals surface area contributed by atoms with Crippen LogP contribution in [0.2, 0.25) is 0 Å². The molecule has 0 atom stereocenters. The molecular formula is C15H11BrFN3O. The second-order valence-electron chi connectivity index (χ2n) is 4.62. The number of benzene rings is 2. The van der Waals surface area contributed by atoms with E-state index >= 15 is 0 Å². The average molecular weight is 348 g/mol. The molecule has 0 spiro atoms. The summed E-state index contributed by atoms with van der Waals surface area (Å²) in [5.74, 6) is 0.342. The predicted octanol–water partition coefficient (Wildman–Crippen LogP) is 4.20. The number of nitrogens with two attached hydrogens (primary N) is 1. The summed E-state index contributed by atoms with van der Waals surface area (Å²) in [7, 11) is 0. The zero-order valence-corrected chi connectivity index (χ0v) is 12.7. The normalized spacial score (nSPS) is 10.8. The number of rotatable bonds is 2. The van der Waals surface area contributed by atoms with E-state index in [1.54, 1.807) is 12.1 Å². The Balaban J connectivity index is 2.06. The van der Waals surface area contributed by atoms with E-state index in [2.05, 4.69) is 26.1 Å². The Morgan fingerprint density at radius 1 is 1.14 bits per heavy atom. The highest BCUT2D eigenvalue weighted by Gasteiger charge is 2.15. The van der Waals surface area contributed by atoms with Gasteiger partial charge in [-0.05, 0) is 48.9 Å². The quantitative estimate of drug-likeness (QED) is 0.705. The number of aryl methyl sites for hydroxylation is 1. The minimum Gasteiger partial charge on any atom is -0.399 e. The van der Waals surface area contributed by atoms with Crippen molar-refractivity contribution in [2.24, 2.45) is 0 Å². The molecule has 0 fully saturated rings. The average Bonchev–Trinajstić information content (AvgIpc) is 2.91. The fourth-order valence-electron chi connectivity index (χ4n) is 2.04. The van der Waals surface area contributed by atoms with Crippen molar-refractivity contribution in [2.75, 3.05) is 5.73 Å². The summed E-state index contributed by atoms with van der Waals surface area (Å²) >= 11 is 3.35. The summed E-state index contributed by atoms with van der Waals surface area (Å²) in [5.41, 5.74) is 8.67. The zero-order chi connectivity index (χ0) is 15.0. The molecule has 21 heavy (non-hydrogen) atoms. The van der Waals surface area contributed by atoms with Gasteiger partial charge in [-0.3, -0.25) is 0 Å². The largest absolute Gasteiger partial charge is 0.399 e. The maximum Gasteiger partial charge on any atom is 0.258 e. The van der Waals surface area contributed by atoms with E-state index in [0.29, 0.717) is 27.4 Å². The molecule has 1 aromatic heterocycles. The van der Waals surface area contributed by atoms with Gasteiger partial charge in [0, 0.05) is 21.3 Å². The van der Waals surface area contributed by atoms with Crippen LogP contribution in [-0.4, -0.2) is 10.1 Å². The van der Waals surface area contributed by atoms with Gasteiger partial charge in [0.05, 0.1) is 0 Å². The van der Waals surface area contributed by atoms with Crippen molar-refractivity contribution in [3.8, 4) is 22.8 Å². The number of hydrogen-bond acceptors (Lipinski definition) is 4. The van der Waals surface area contributed by atoms with E-state index in [-0.39, 0.29) is 5.82 Å². The summed E-state index contributed by atoms with van der Waals surface area (Å²) in [6, 6.07) is 9.74. The molecule has 0 saturated carbocycles. The smallest absolute Gasteiger partial charge is 0.258 e. The molecule has 0 aliphatic heterocycles. The number of halogens is 2. The molecule has 0 amide bonds. The molecule has 0 saturated heterocycles. The lowest BCUT2D eigenvalue weighted by Crippen LogP contribution is -1.89. The first kappa shape index (κ1) is 13.8. The summed E-state index contributed by atoms with van der Waals surface area (Å²) in [6.45, 7) is 1.91. The van der Waals surface area contributed by atoms with Crippen LogP contribution in [0.3, 0.4) is 0 Å². The molecule has 0 bridgehead atoms. The number of nitrogens with zero attached hydrogens (tertiary/aromatic N) is 2. The third kappa shape index (κ3) is 2.67. The van der Waals surface area contributed by atoms with E-state index in [0.717, 1.165) is 11.1 Å². The van der Waals surface area contributed by atoms with Crippen LogP contribution in [0.25, 0.3) is 22.8 Å². The Morgan fingerprint density at radius 2 is 1.95 bits per heavy atom. The Hall–Kier alpha value is -2.21. The van der Waals surface area contributed by atoms with Gasteiger partial charge < -0.3 is 10.3 Å². The molecule has 2 N–H and O–H groups in total. The van der Waals surface area contributed by atoms with E-state index in [1.165, 1.54) is 12.1 Å². The molecule has 0 unspecified atom stereocenters. The summed E-state index contributed by atoms with van der Waals surface area (Å²) in [5, 5.41) is 3.91. The predicted molar refractivity (Wildman–Crippen MR) is 82.0 cm³/mol. The van der Waals surface area contributed by atoms with Crippen molar-refractivity contribution >= 4 is 21.6 Å². The minimum atomic E-state index is -0.358. The van der Waals surface area contributed by atoms with Crippen LogP contribution < -0.4 is 5.73 Å². The lowest BCUT2D eigenvalue weighted by Gasteiger charge is -2.01. The first-order valence-corrected chi connectivity index (χ1v) is 6.99. The first-order chi connectivity index (χ1) is 10.0. The lowest BCUT2D eigenvalue weighted by molar-refractivity contribution is 0.432. The summed E-state index contributed by atoms with van der Waals surface area (Å²) < 4.78 is 19.3. The number of anilines is 1. The highest BCUT2D eigenvalue weighted by molar-refractivity contribution is 9.10. The summed E-state index contributed by atoms with van der Waals surface area (Å²) in [6.07, 6.45) is 0. The minimum absolute atomic E-state index is 0.326. The van der Waals surface area contributed by atoms with Gasteiger partial charge in [-0.1, -0.05) is 21.1 Å². The molecule has 1 heterocycles. The second kappa shape index (κ2) is 5.29. The third-order valence-corrected chi connectivity index (χ3v) is 3.77. The van der Waals surface area contributed by atoms with Gasteiger partial charge in [-0.25, -0.2) is 4.39 Å². The fraction of sp³-hybridized carbons (Fsp3) is 0.0667. The lowest BCUT2D eigenvalue weighted by atomic mass is 10.1. The van der Waals surface area contributed by atoms with Crippen molar-refractivity contribution in [2.45, 2.75) is 6.92 Å². The molecule has 0 radical (unpaired) electrons.